The molecule has 0 bridgehead atoms. The number of anilines is 1. The summed E-state index contributed by atoms with van der Waals surface area (Å²) in [5.41, 5.74) is 1.25. The molecule has 1 fully saturated rings. The molecule has 4 rings (SSSR count). The molecular weight excluding hydrogens is 432 g/mol. The maximum atomic E-state index is 13.5. The lowest BCUT2D eigenvalue weighted by Gasteiger charge is -2.27. The van der Waals surface area contributed by atoms with Crippen LogP contribution in [0.15, 0.2) is 65.6 Å². The topological polar surface area (TPSA) is 93.2 Å². The highest BCUT2D eigenvalue weighted by molar-refractivity contribution is 7.93. The van der Waals surface area contributed by atoms with Crippen LogP contribution in [0, 0.1) is 0 Å². The molecule has 1 aromatic heterocycles. The SMILES string of the molecule is CC(=O)c1sc(NC(=O)C2(S(=O)(=O)c3ccccc3)CCCC2)nc1-c1ccccc1. The zero-order valence-electron chi connectivity index (χ0n) is 17.0. The van der Waals surface area contributed by atoms with E-state index in [0.29, 0.717) is 23.4 Å². The summed E-state index contributed by atoms with van der Waals surface area (Å²) >= 11 is 1.07. The number of hydrogen-bond acceptors (Lipinski definition) is 6. The number of sulfone groups is 1. The van der Waals surface area contributed by atoms with E-state index in [0.717, 1.165) is 16.9 Å². The molecule has 1 heterocycles. The molecule has 0 atom stereocenters. The van der Waals surface area contributed by atoms with E-state index >= 15 is 0 Å². The molecule has 1 amide bonds. The number of nitrogens with one attached hydrogen (secondary N) is 1. The predicted octanol–water partition coefficient (Wildman–Crippen LogP) is 4.74. The molecule has 0 spiro atoms. The molecule has 0 radical (unpaired) electrons. The summed E-state index contributed by atoms with van der Waals surface area (Å²) in [6.45, 7) is 1.45. The standard InChI is InChI=1S/C23H22N2O4S2/c1-16(26)20-19(17-10-4-2-5-11-17)24-22(30-20)25-21(27)23(14-8-9-15-23)31(28,29)18-12-6-3-7-13-18/h2-7,10-13H,8-9,14-15H2,1H3,(H,24,25,27). The van der Waals surface area contributed by atoms with Crippen LogP contribution in [0.25, 0.3) is 11.3 Å². The maximum Gasteiger partial charge on any atom is 0.248 e. The minimum atomic E-state index is -3.89. The van der Waals surface area contributed by atoms with Gasteiger partial charge in [-0.15, -0.1) is 0 Å². The lowest BCUT2D eigenvalue weighted by molar-refractivity contribution is -0.118. The molecule has 1 saturated carbocycles. The molecule has 0 unspecified atom stereocenters. The number of ketones is 1. The van der Waals surface area contributed by atoms with Gasteiger partial charge in [0.05, 0.1) is 15.5 Å². The molecule has 31 heavy (non-hydrogen) atoms. The highest BCUT2D eigenvalue weighted by Crippen LogP contribution is 2.42. The van der Waals surface area contributed by atoms with E-state index in [1.54, 1.807) is 18.2 Å². The van der Waals surface area contributed by atoms with Crippen LogP contribution in [0.3, 0.4) is 0 Å². The van der Waals surface area contributed by atoms with Crippen molar-refractivity contribution in [3.63, 3.8) is 0 Å². The second kappa shape index (κ2) is 8.36. The minimum absolute atomic E-state index is 0.139. The van der Waals surface area contributed by atoms with Crippen molar-refractivity contribution in [3.05, 3.63) is 65.5 Å². The molecule has 0 aliphatic heterocycles. The Morgan fingerprint density at radius 1 is 0.968 bits per heavy atom. The van der Waals surface area contributed by atoms with E-state index in [1.807, 2.05) is 30.3 Å². The number of rotatable bonds is 6. The Balaban J connectivity index is 1.71. The number of carbonyl (C=O) groups excluding carboxylic acids is 2. The first-order chi connectivity index (χ1) is 14.8. The Hall–Kier alpha value is -2.84. The van der Waals surface area contributed by atoms with Gasteiger partial charge in [0.2, 0.25) is 5.91 Å². The molecule has 1 aliphatic carbocycles. The van der Waals surface area contributed by atoms with Crippen LogP contribution >= 0.6 is 11.3 Å². The van der Waals surface area contributed by atoms with Crippen molar-refractivity contribution < 1.29 is 18.0 Å². The van der Waals surface area contributed by atoms with E-state index in [1.165, 1.54) is 19.1 Å². The highest BCUT2D eigenvalue weighted by Gasteiger charge is 2.53. The van der Waals surface area contributed by atoms with Gasteiger partial charge in [-0.1, -0.05) is 72.7 Å². The summed E-state index contributed by atoms with van der Waals surface area (Å²) < 4.78 is 25.4. The zero-order chi connectivity index (χ0) is 22.1. The van der Waals surface area contributed by atoms with Gasteiger partial charge in [0, 0.05) is 12.5 Å². The summed E-state index contributed by atoms with van der Waals surface area (Å²) in [6.07, 6.45) is 1.83. The van der Waals surface area contributed by atoms with Crippen molar-refractivity contribution in [1.29, 1.82) is 0 Å². The summed E-state index contributed by atoms with van der Waals surface area (Å²) in [5, 5.41) is 2.95. The lowest BCUT2D eigenvalue weighted by atomic mass is 10.1. The average Bonchev–Trinajstić information content (AvgIpc) is 3.44. The van der Waals surface area contributed by atoms with Gasteiger partial charge in [0.25, 0.3) is 0 Å². The Kier molecular flexibility index (Phi) is 5.77. The number of hydrogen-bond donors (Lipinski definition) is 1. The fourth-order valence-corrected chi connectivity index (χ4v) is 6.97. The normalized spacial score (nSPS) is 15.5. The molecule has 160 valence electrons. The van der Waals surface area contributed by atoms with E-state index in [4.69, 9.17) is 0 Å². The Morgan fingerprint density at radius 3 is 2.13 bits per heavy atom. The van der Waals surface area contributed by atoms with Gasteiger partial charge in [0.15, 0.2) is 25.5 Å². The van der Waals surface area contributed by atoms with Gasteiger partial charge < -0.3 is 5.32 Å². The van der Waals surface area contributed by atoms with Crippen LogP contribution in [-0.4, -0.2) is 29.8 Å². The van der Waals surface area contributed by atoms with Crippen molar-refractivity contribution in [1.82, 2.24) is 4.98 Å². The van der Waals surface area contributed by atoms with Crippen molar-refractivity contribution in [2.45, 2.75) is 42.2 Å². The summed E-state index contributed by atoms with van der Waals surface area (Å²) in [4.78, 5) is 30.6. The van der Waals surface area contributed by atoms with Crippen LogP contribution in [0.4, 0.5) is 5.13 Å². The third-order valence-corrected chi connectivity index (χ3v) is 9.19. The van der Waals surface area contributed by atoms with Crippen molar-refractivity contribution in [2.24, 2.45) is 0 Å². The Bertz CT molecular complexity index is 1210. The van der Waals surface area contributed by atoms with E-state index < -0.39 is 20.5 Å². The van der Waals surface area contributed by atoms with Crippen LogP contribution in [-0.2, 0) is 14.6 Å². The van der Waals surface area contributed by atoms with Crippen LogP contribution < -0.4 is 5.32 Å². The number of Topliss-reactive ketones (excluding diaryl/α,β-unsaturated/α-hetero) is 1. The minimum Gasteiger partial charge on any atom is -0.301 e. The molecule has 6 nitrogen and oxygen atoms in total. The number of aromatic nitrogens is 1. The molecule has 8 heteroatoms. The number of thiazole rings is 1. The smallest absolute Gasteiger partial charge is 0.248 e. The molecule has 0 saturated heterocycles. The van der Waals surface area contributed by atoms with Crippen molar-refractivity contribution in [3.8, 4) is 11.3 Å². The zero-order valence-corrected chi connectivity index (χ0v) is 18.6. The summed E-state index contributed by atoms with van der Waals surface area (Å²) in [6, 6.07) is 17.3. The van der Waals surface area contributed by atoms with Gasteiger partial charge >= 0.3 is 0 Å². The van der Waals surface area contributed by atoms with Crippen LogP contribution in [0.1, 0.15) is 42.3 Å². The highest BCUT2D eigenvalue weighted by atomic mass is 32.2. The van der Waals surface area contributed by atoms with Crippen LogP contribution in [0.5, 0.6) is 0 Å². The van der Waals surface area contributed by atoms with Gasteiger partial charge in [-0.25, -0.2) is 13.4 Å². The third-order valence-electron chi connectivity index (χ3n) is 5.61. The number of benzene rings is 2. The molecule has 1 N–H and O–H groups in total. The van der Waals surface area contributed by atoms with Crippen LogP contribution in [0.2, 0.25) is 0 Å². The first-order valence-electron chi connectivity index (χ1n) is 10.0. The largest absolute Gasteiger partial charge is 0.301 e. The van der Waals surface area contributed by atoms with Gasteiger partial charge in [-0.2, -0.15) is 0 Å². The van der Waals surface area contributed by atoms with E-state index in [-0.39, 0.29) is 28.7 Å². The monoisotopic (exact) mass is 454 g/mol. The molecule has 3 aromatic rings. The van der Waals surface area contributed by atoms with Gasteiger partial charge in [-0.3, -0.25) is 9.59 Å². The average molecular weight is 455 g/mol. The number of amides is 1. The fourth-order valence-electron chi connectivity index (χ4n) is 4.00. The summed E-state index contributed by atoms with van der Waals surface area (Å²) in [7, 11) is -3.89. The number of carbonyl (C=O) groups is 2. The van der Waals surface area contributed by atoms with E-state index in [2.05, 4.69) is 10.3 Å². The number of nitrogens with zero attached hydrogens (tertiary/aromatic N) is 1. The lowest BCUT2D eigenvalue weighted by Crippen LogP contribution is -2.47. The predicted molar refractivity (Wildman–Crippen MR) is 121 cm³/mol. The van der Waals surface area contributed by atoms with E-state index in [9.17, 15) is 18.0 Å². The molecule has 2 aromatic carbocycles. The fraction of sp³-hybridized carbons (Fsp3) is 0.261. The van der Waals surface area contributed by atoms with Gasteiger partial charge in [0.1, 0.15) is 0 Å². The maximum absolute atomic E-state index is 13.5. The Labute approximate surface area is 185 Å². The van der Waals surface area contributed by atoms with Crippen molar-refractivity contribution >= 4 is 38.0 Å². The third kappa shape index (κ3) is 3.81. The second-order valence-electron chi connectivity index (χ2n) is 7.59. The molecule has 1 aliphatic rings. The second-order valence-corrected chi connectivity index (χ2v) is 10.8. The van der Waals surface area contributed by atoms with Crippen molar-refractivity contribution in [2.75, 3.05) is 5.32 Å². The summed E-state index contributed by atoms with van der Waals surface area (Å²) in [5.74, 6) is -0.748. The first-order valence-corrected chi connectivity index (χ1v) is 12.3. The Morgan fingerprint density at radius 2 is 1.55 bits per heavy atom. The van der Waals surface area contributed by atoms with Gasteiger partial charge in [-0.05, 0) is 25.0 Å². The quantitative estimate of drug-likeness (QED) is 0.543. The molecular formula is C23H22N2O4S2. The first kappa shape index (κ1) is 21.4.